The second-order valence-electron chi connectivity index (χ2n) is 6.14. The Bertz CT molecular complexity index is 833. The van der Waals surface area contributed by atoms with Gasteiger partial charge in [0.25, 0.3) is 0 Å². The van der Waals surface area contributed by atoms with Crippen molar-refractivity contribution in [2.45, 2.75) is 25.9 Å². The molecule has 3 rings (SSSR count). The quantitative estimate of drug-likeness (QED) is 0.599. The maximum Gasteiger partial charge on any atom is 0.173 e. The molecule has 8 heteroatoms. The van der Waals surface area contributed by atoms with Crippen LogP contribution in [0.15, 0.2) is 41.3 Å². The maximum atomic E-state index is 9.46. The molecule has 0 aliphatic carbocycles. The van der Waals surface area contributed by atoms with Gasteiger partial charge < -0.3 is 15.7 Å². The minimum atomic E-state index is -0.474. The minimum absolute atomic E-state index is 0.00125. The molecule has 0 atom stereocenters. The fourth-order valence-corrected chi connectivity index (χ4v) is 2.56. The molecule has 0 spiro atoms. The molecule has 0 amide bonds. The zero-order valence-electron chi connectivity index (χ0n) is 13.5. The zero-order chi connectivity index (χ0) is 17.2. The fraction of sp³-hybridized carbons (Fsp3) is 0.312. The van der Waals surface area contributed by atoms with Crippen molar-refractivity contribution < 1.29 is 5.11 Å². The molecule has 3 aromatic heterocycles. The monoisotopic (exact) mass is 390 g/mol. The van der Waals surface area contributed by atoms with Crippen LogP contribution in [0.3, 0.4) is 0 Å². The molecule has 3 aromatic rings. The van der Waals surface area contributed by atoms with E-state index >= 15 is 0 Å². The van der Waals surface area contributed by atoms with Crippen LogP contribution in [0.4, 0.5) is 11.6 Å². The molecule has 126 valence electrons. The largest absolute Gasteiger partial charge is 0.394 e. The van der Waals surface area contributed by atoms with Gasteiger partial charge in [-0.15, -0.1) is 0 Å². The van der Waals surface area contributed by atoms with Crippen LogP contribution in [0.2, 0.25) is 0 Å². The van der Waals surface area contributed by atoms with Crippen molar-refractivity contribution >= 4 is 33.2 Å². The highest BCUT2D eigenvalue weighted by Crippen LogP contribution is 2.24. The first-order valence-corrected chi connectivity index (χ1v) is 8.34. The number of anilines is 2. The molecule has 0 saturated carbocycles. The number of hydrogen-bond acceptors (Lipinski definition) is 6. The van der Waals surface area contributed by atoms with Gasteiger partial charge in [0.05, 0.1) is 22.8 Å². The Hall–Kier alpha value is -2.19. The summed E-state index contributed by atoms with van der Waals surface area (Å²) in [4.78, 5) is 8.68. The Morgan fingerprint density at radius 1 is 1.33 bits per heavy atom. The molecule has 0 aromatic carbocycles. The van der Waals surface area contributed by atoms with Crippen molar-refractivity contribution in [2.24, 2.45) is 0 Å². The minimum Gasteiger partial charge on any atom is -0.394 e. The van der Waals surface area contributed by atoms with Crippen LogP contribution >= 0.6 is 15.9 Å². The lowest BCUT2D eigenvalue weighted by Gasteiger charge is -2.24. The van der Waals surface area contributed by atoms with Crippen molar-refractivity contribution in [1.82, 2.24) is 19.6 Å². The van der Waals surface area contributed by atoms with E-state index in [2.05, 4.69) is 41.6 Å². The predicted octanol–water partition coefficient (Wildman–Crippen LogP) is 2.68. The molecule has 3 heterocycles. The SMILES string of the molecule is CC(C)(CO)Nc1cc(NCc2cccnc2)n2ncc(Br)c2n1. The number of rotatable bonds is 6. The Kier molecular flexibility index (Phi) is 4.68. The van der Waals surface area contributed by atoms with E-state index in [1.54, 1.807) is 16.9 Å². The van der Waals surface area contributed by atoms with Gasteiger partial charge in [0.15, 0.2) is 5.65 Å². The van der Waals surface area contributed by atoms with Gasteiger partial charge in [-0.2, -0.15) is 9.61 Å². The molecule has 0 aliphatic rings. The molecule has 0 unspecified atom stereocenters. The van der Waals surface area contributed by atoms with E-state index in [0.29, 0.717) is 18.0 Å². The molecule has 3 N–H and O–H groups in total. The van der Waals surface area contributed by atoms with Gasteiger partial charge in [0.2, 0.25) is 0 Å². The number of hydrogen-bond donors (Lipinski definition) is 3. The summed E-state index contributed by atoms with van der Waals surface area (Å²) in [5.74, 6) is 1.46. The van der Waals surface area contributed by atoms with Gasteiger partial charge in [-0.1, -0.05) is 6.07 Å². The molecule has 0 fully saturated rings. The number of halogens is 1. The van der Waals surface area contributed by atoms with Crippen molar-refractivity contribution in [3.63, 3.8) is 0 Å². The second kappa shape index (κ2) is 6.74. The lowest BCUT2D eigenvalue weighted by Crippen LogP contribution is -2.35. The van der Waals surface area contributed by atoms with Gasteiger partial charge in [-0.05, 0) is 41.4 Å². The number of pyridine rings is 1. The molecule has 7 nitrogen and oxygen atoms in total. The highest BCUT2D eigenvalue weighted by atomic mass is 79.9. The molecule has 0 aliphatic heterocycles. The fourth-order valence-electron chi connectivity index (χ4n) is 2.21. The smallest absolute Gasteiger partial charge is 0.173 e. The standard InChI is InChI=1S/C16H19BrN6O/c1-16(2,10-24)22-13-6-14(19-8-11-4-3-5-18-7-11)23-15(21-13)12(17)9-20-23/h3-7,9,19,24H,8,10H2,1-2H3,(H,21,22). The van der Waals surface area contributed by atoms with Crippen LogP contribution in [-0.4, -0.2) is 36.8 Å². The van der Waals surface area contributed by atoms with E-state index in [0.717, 1.165) is 15.9 Å². The summed E-state index contributed by atoms with van der Waals surface area (Å²) in [5, 5.41) is 20.4. The van der Waals surface area contributed by atoms with Gasteiger partial charge in [0.1, 0.15) is 11.6 Å². The summed E-state index contributed by atoms with van der Waals surface area (Å²) in [6.07, 6.45) is 5.27. The first-order chi connectivity index (χ1) is 11.5. The lowest BCUT2D eigenvalue weighted by atomic mass is 10.1. The van der Waals surface area contributed by atoms with Crippen LogP contribution in [0.1, 0.15) is 19.4 Å². The first-order valence-electron chi connectivity index (χ1n) is 7.54. The third-order valence-electron chi connectivity index (χ3n) is 3.49. The summed E-state index contributed by atoms with van der Waals surface area (Å²) in [5.41, 5.74) is 1.29. The highest BCUT2D eigenvalue weighted by Gasteiger charge is 2.18. The Morgan fingerprint density at radius 2 is 2.17 bits per heavy atom. The van der Waals surface area contributed by atoms with Crippen LogP contribution in [0.5, 0.6) is 0 Å². The van der Waals surface area contributed by atoms with Gasteiger partial charge >= 0.3 is 0 Å². The zero-order valence-corrected chi connectivity index (χ0v) is 15.1. The van der Waals surface area contributed by atoms with Crippen LogP contribution in [-0.2, 0) is 6.54 Å². The molecule has 0 bridgehead atoms. The Labute approximate surface area is 148 Å². The van der Waals surface area contributed by atoms with E-state index in [4.69, 9.17) is 0 Å². The number of aromatic nitrogens is 4. The lowest BCUT2D eigenvalue weighted by molar-refractivity contribution is 0.234. The van der Waals surface area contributed by atoms with Crippen molar-refractivity contribution in [1.29, 1.82) is 0 Å². The number of aliphatic hydroxyl groups excluding tert-OH is 1. The summed E-state index contributed by atoms with van der Waals surface area (Å²) in [6, 6.07) is 5.78. The third-order valence-corrected chi connectivity index (χ3v) is 4.05. The summed E-state index contributed by atoms with van der Waals surface area (Å²) >= 11 is 3.47. The van der Waals surface area contributed by atoms with Crippen LogP contribution in [0.25, 0.3) is 5.65 Å². The summed E-state index contributed by atoms with van der Waals surface area (Å²) < 4.78 is 2.54. The molecular formula is C16H19BrN6O. The average molecular weight is 391 g/mol. The van der Waals surface area contributed by atoms with Crippen molar-refractivity contribution in [2.75, 3.05) is 17.2 Å². The average Bonchev–Trinajstić information content (AvgIpc) is 2.95. The van der Waals surface area contributed by atoms with Crippen molar-refractivity contribution in [3.8, 4) is 0 Å². The van der Waals surface area contributed by atoms with E-state index in [1.807, 2.05) is 38.2 Å². The summed E-state index contributed by atoms with van der Waals surface area (Å²) in [6.45, 7) is 4.44. The van der Waals surface area contributed by atoms with Gasteiger partial charge in [0, 0.05) is 25.0 Å². The van der Waals surface area contributed by atoms with E-state index in [9.17, 15) is 5.11 Å². The first kappa shape index (κ1) is 16.7. The third kappa shape index (κ3) is 3.65. The van der Waals surface area contributed by atoms with Gasteiger partial charge in [-0.25, -0.2) is 4.98 Å². The van der Waals surface area contributed by atoms with Crippen LogP contribution < -0.4 is 10.6 Å². The van der Waals surface area contributed by atoms with Gasteiger partial charge in [-0.3, -0.25) is 4.98 Å². The van der Waals surface area contributed by atoms with Crippen molar-refractivity contribution in [3.05, 3.63) is 46.8 Å². The highest BCUT2D eigenvalue weighted by molar-refractivity contribution is 9.10. The van der Waals surface area contributed by atoms with E-state index < -0.39 is 5.54 Å². The summed E-state index contributed by atoms with van der Waals surface area (Å²) in [7, 11) is 0. The van der Waals surface area contributed by atoms with Crippen LogP contribution in [0, 0.1) is 0 Å². The Morgan fingerprint density at radius 3 is 2.88 bits per heavy atom. The number of fused-ring (bicyclic) bond motifs is 1. The maximum absolute atomic E-state index is 9.46. The number of nitrogens with zero attached hydrogens (tertiary/aromatic N) is 4. The normalized spacial score (nSPS) is 11.7. The Balaban J connectivity index is 1.93. The molecule has 0 saturated heterocycles. The number of aliphatic hydroxyl groups is 1. The van der Waals surface area contributed by atoms with E-state index in [-0.39, 0.29) is 6.61 Å². The topological polar surface area (TPSA) is 87.4 Å². The van der Waals surface area contributed by atoms with E-state index in [1.165, 1.54) is 0 Å². The predicted molar refractivity (Wildman–Crippen MR) is 97.0 cm³/mol. The molecule has 24 heavy (non-hydrogen) atoms. The number of nitrogens with one attached hydrogen (secondary N) is 2. The molecular weight excluding hydrogens is 372 g/mol. The molecule has 0 radical (unpaired) electrons. The second-order valence-corrected chi connectivity index (χ2v) is 6.99.